The van der Waals surface area contributed by atoms with E-state index in [0.717, 1.165) is 11.0 Å². The average molecular weight is 300 g/mol. The van der Waals surface area contributed by atoms with Crippen molar-refractivity contribution in [2.45, 2.75) is 10.6 Å². The van der Waals surface area contributed by atoms with Crippen molar-refractivity contribution in [3.8, 4) is 12.3 Å². The maximum absolute atomic E-state index is 5.44. The second-order valence-electron chi connectivity index (χ2n) is 3.92. The van der Waals surface area contributed by atoms with Crippen molar-refractivity contribution in [2.75, 3.05) is 14.1 Å². The van der Waals surface area contributed by atoms with Crippen LogP contribution in [-0.4, -0.2) is 22.6 Å². The molecule has 2 heteroatoms. The number of nitrogens with zero attached hydrogens (tertiary/aromatic N) is 1. The van der Waals surface area contributed by atoms with Gasteiger partial charge in [0.25, 0.3) is 0 Å². The molecule has 1 aromatic rings. The number of quaternary nitrogens is 1. The van der Waals surface area contributed by atoms with Gasteiger partial charge in [0, 0.05) is 28.2 Å². The third-order valence-electron chi connectivity index (χ3n) is 2.18. The van der Waals surface area contributed by atoms with E-state index in [4.69, 9.17) is 6.42 Å². The third-order valence-corrected chi connectivity index (χ3v) is 4.05. The Bertz CT molecular complexity index is 324. The molecule has 0 heterocycles. The predicted molar refractivity (Wildman–Crippen MR) is 68.9 cm³/mol. The number of halogens is 1. The molecule has 0 fully saturated rings. The fourth-order valence-electron chi connectivity index (χ4n) is 1.34. The van der Waals surface area contributed by atoms with Gasteiger partial charge in [0.15, 0.2) is 4.05 Å². The lowest BCUT2D eigenvalue weighted by Crippen LogP contribution is -2.43. The van der Waals surface area contributed by atoms with Crippen molar-refractivity contribution < 1.29 is 4.48 Å². The molecule has 0 aliphatic heterocycles. The van der Waals surface area contributed by atoms with Gasteiger partial charge in [-0.15, -0.1) is 6.42 Å². The van der Waals surface area contributed by atoms with Gasteiger partial charge in [-0.25, -0.2) is 0 Å². The summed E-state index contributed by atoms with van der Waals surface area (Å²) in [6.45, 7) is 0.971. The smallest absolute Gasteiger partial charge is 0.200 e. The number of rotatable bonds is 3. The van der Waals surface area contributed by atoms with Crippen LogP contribution in [0.5, 0.6) is 0 Å². The number of hydrogen-bond donors (Lipinski definition) is 0. The van der Waals surface area contributed by atoms with Crippen molar-refractivity contribution in [3.63, 3.8) is 0 Å². The molecule has 0 aliphatic rings. The maximum Gasteiger partial charge on any atom is 0.200 e. The zero-order valence-corrected chi connectivity index (χ0v) is 10.7. The highest BCUT2D eigenvalue weighted by Crippen LogP contribution is 2.17. The van der Waals surface area contributed by atoms with Gasteiger partial charge in [-0.3, -0.25) is 0 Å². The Labute approximate surface area is 99.9 Å². The minimum atomic E-state index is 0.216. The zero-order valence-electron chi connectivity index (χ0n) is 8.57. The topological polar surface area (TPSA) is 0 Å². The fraction of sp³-hybridized carbons (Fsp3) is 0.333. The molecule has 0 amide bonds. The molecule has 1 nitrogen and oxygen atoms in total. The zero-order chi connectivity index (χ0) is 10.6. The Morgan fingerprint density at radius 3 is 2.43 bits per heavy atom. The minimum absolute atomic E-state index is 0.216. The number of terminal acetylenes is 1. The highest BCUT2D eigenvalue weighted by atomic mass is 127. The molecule has 74 valence electrons. The van der Waals surface area contributed by atoms with E-state index in [0.29, 0.717) is 0 Å². The Morgan fingerprint density at radius 2 is 1.93 bits per heavy atom. The molecule has 1 unspecified atom stereocenters. The summed E-state index contributed by atoms with van der Waals surface area (Å²) in [5, 5.41) is 0. The van der Waals surface area contributed by atoms with E-state index in [1.54, 1.807) is 0 Å². The first-order valence-electron chi connectivity index (χ1n) is 4.53. The average Bonchev–Trinajstić information content (AvgIpc) is 2.17. The maximum atomic E-state index is 5.44. The first kappa shape index (κ1) is 11.5. The van der Waals surface area contributed by atoms with Crippen LogP contribution >= 0.6 is 22.6 Å². The number of hydrogen-bond acceptors (Lipinski definition) is 0. The molecule has 0 aliphatic carbocycles. The first-order chi connectivity index (χ1) is 6.56. The highest BCUT2D eigenvalue weighted by molar-refractivity contribution is 14.1. The van der Waals surface area contributed by atoms with Gasteiger partial charge in [-0.1, -0.05) is 30.3 Å². The van der Waals surface area contributed by atoms with Gasteiger partial charge in [-0.05, 0) is 5.92 Å². The molecule has 0 saturated carbocycles. The fourth-order valence-corrected chi connectivity index (χ4v) is 1.53. The first-order valence-corrected chi connectivity index (χ1v) is 5.77. The Balaban J connectivity index is 2.74. The molecule has 0 saturated heterocycles. The van der Waals surface area contributed by atoms with Crippen molar-refractivity contribution in [1.82, 2.24) is 0 Å². The summed E-state index contributed by atoms with van der Waals surface area (Å²) in [6, 6.07) is 10.4. The molecular formula is C12H15IN+. The summed E-state index contributed by atoms with van der Waals surface area (Å²) in [5.74, 6) is 2.78. The standard InChI is InChI=1S/C12H15IN/c1-4-12(13)14(2,3)10-11-8-6-5-7-9-11/h1,5-9,12H,10H2,2-3H3/q+1. The number of benzene rings is 1. The van der Waals surface area contributed by atoms with E-state index < -0.39 is 0 Å². The largest absolute Gasteiger partial charge is 0.304 e. The normalized spacial score (nSPS) is 13.3. The summed E-state index contributed by atoms with van der Waals surface area (Å²) < 4.78 is 1.04. The summed E-state index contributed by atoms with van der Waals surface area (Å²) in [7, 11) is 4.31. The molecule has 1 aromatic carbocycles. The van der Waals surface area contributed by atoms with Crippen LogP contribution < -0.4 is 0 Å². The van der Waals surface area contributed by atoms with Crippen LogP contribution in [0.3, 0.4) is 0 Å². The van der Waals surface area contributed by atoms with Crippen LogP contribution in [0.25, 0.3) is 0 Å². The van der Waals surface area contributed by atoms with Gasteiger partial charge in [0.1, 0.15) is 6.54 Å². The Hall–Kier alpha value is -0.530. The van der Waals surface area contributed by atoms with Crippen LogP contribution in [0.4, 0.5) is 0 Å². The van der Waals surface area contributed by atoms with Crippen molar-refractivity contribution in [2.24, 2.45) is 0 Å². The molecule has 14 heavy (non-hydrogen) atoms. The van der Waals surface area contributed by atoms with Gasteiger partial charge in [0.2, 0.25) is 0 Å². The van der Waals surface area contributed by atoms with Gasteiger partial charge in [-0.2, -0.15) is 0 Å². The van der Waals surface area contributed by atoms with Crippen LogP contribution in [0, 0.1) is 12.3 Å². The van der Waals surface area contributed by atoms with Crippen molar-refractivity contribution >= 4 is 22.6 Å². The molecule has 1 rings (SSSR count). The van der Waals surface area contributed by atoms with Gasteiger partial charge >= 0.3 is 0 Å². The van der Waals surface area contributed by atoms with Crippen molar-refractivity contribution in [3.05, 3.63) is 35.9 Å². The lowest BCUT2D eigenvalue weighted by molar-refractivity contribution is -0.902. The molecule has 0 N–H and O–H groups in total. The monoisotopic (exact) mass is 300 g/mol. The summed E-state index contributed by atoms with van der Waals surface area (Å²) in [6.07, 6.45) is 5.44. The number of alkyl halides is 1. The van der Waals surface area contributed by atoms with Crippen LogP contribution in [0.2, 0.25) is 0 Å². The third kappa shape index (κ3) is 3.00. The summed E-state index contributed by atoms with van der Waals surface area (Å²) in [5.41, 5.74) is 1.33. The predicted octanol–water partition coefficient (Wildman–Crippen LogP) is 2.66. The molecule has 0 aromatic heterocycles. The summed E-state index contributed by atoms with van der Waals surface area (Å²) in [4.78, 5) is 0. The lowest BCUT2D eigenvalue weighted by Gasteiger charge is -2.32. The molecule has 0 spiro atoms. The van der Waals surface area contributed by atoms with E-state index in [1.165, 1.54) is 5.56 Å². The van der Waals surface area contributed by atoms with E-state index in [2.05, 4.69) is 66.9 Å². The van der Waals surface area contributed by atoms with Gasteiger partial charge < -0.3 is 4.48 Å². The van der Waals surface area contributed by atoms with Crippen LogP contribution in [0.1, 0.15) is 5.56 Å². The van der Waals surface area contributed by atoms with E-state index in [9.17, 15) is 0 Å². The molecule has 1 atom stereocenters. The van der Waals surface area contributed by atoms with Crippen LogP contribution in [-0.2, 0) is 6.54 Å². The Kier molecular flexibility index (Phi) is 3.97. The van der Waals surface area contributed by atoms with E-state index >= 15 is 0 Å². The molecule has 0 radical (unpaired) electrons. The summed E-state index contributed by atoms with van der Waals surface area (Å²) >= 11 is 2.31. The second kappa shape index (κ2) is 4.81. The van der Waals surface area contributed by atoms with E-state index in [1.807, 2.05) is 6.07 Å². The van der Waals surface area contributed by atoms with E-state index in [-0.39, 0.29) is 4.05 Å². The second-order valence-corrected chi connectivity index (χ2v) is 5.10. The SMILES string of the molecule is C#CC(I)[N+](C)(C)Cc1ccccc1. The van der Waals surface area contributed by atoms with Gasteiger partial charge in [0.05, 0.1) is 14.1 Å². The van der Waals surface area contributed by atoms with Crippen LogP contribution in [0.15, 0.2) is 30.3 Å². The lowest BCUT2D eigenvalue weighted by atomic mass is 10.2. The quantitative estimate of drug-likeness (QED) is 0.265. The highest BCUT2D eigenvalue weighted by Gasteiger charge is 2.23. The molecular weight excluding hydrogens is 285 g/mol. The molecule has 0 bridgehead atoms. The van der Waals surface area contributed by atoms with Crippen molar-refractivity contribution in [1.29, 1.82) is 0 Å². The minimum Gasteiger partial charge on any atom is -0.304 e. The Morgan fingerprint density at radius 1 is 1.36 bits per heavy atom.